The number of fused-ring (bicyclic) bond motifs is 3. The minimum Gasteiger partial charge on any atom is -0.469 e. The number of hydrogen-bond acceptors (Lipinski definition) is 7. The van der Waals surface area contributed by atoms with Crippen molar-refractivity contribution in [2.75, 3.05) is 20.3 Å². The standard InChI is InChI=1S/C28H28O7S/c1-19-12-14-20(15-13-19)36(31,32)35-18-28(2,27(30)33-3)16-26(29)34-17-25-23-10-6-4-8-21(23)22-9-5-7-11-24(22)25/h4-15,25H,16-18H2,1-3H3. The highest BCUT2D eigenvalue weighted by atomic mass is 32.2. The monoisotopic (exact) mass is 508 g/mol. The van der Waals surface area contributed by atoms with Crippen LogP contribution in [0, 0.1) is 12.3 Å². The Morgan fingerprint density at radius 2 is 1.44 bits per heavy atom. The summed E-state index contributed by atoms with van der Waals surface area (Å²) in [4.78, 5) is 25.4. The Bertz CT molecular complexity index is 1330. The first-order chi connectivity index (χ1) is 17.1. The van der Waals surface area contributed by atoms with Crippen LogP contribution in [0.2, 0.25) is 0 Å². The lowest BCUT2D eigenvalue weighted by Gasteiger charge is -2.25. The van der Waals surface area contributed by atoms with E-state index in [2.05, 4.69) is 0 Å². The maximum absolute atomic E-state index is 12.9. The molecule has 0 N–H and O–H groups in total. The average molecular weight is 509 g/mol. The summed E-state index contributed by atoms with van der Waals surface area (Å²) in [6.07, 6.45) is -0.404. The van der Waals surface area contributed by atoms with Crippen molar-refractivity contribution in [3.63, 3.8) is 0 Å². The van der Waals surface area contributed by atoms with E-state index in [1.807, 2.05) is 55.5 Å². The van der Waals surface area contributed by atoms with E-state index in [-0.39, 0.29) is 17.4 Å². The van der Waals surface area contributed by atoms with Gasteiger partial charge in [0.05, 0.1) is 25.0 Å². The van der Waals surface area contributed by atoms with Gasteiger partial charge >= 0.3 is 11.9 Å². The first-order valence-corrected chi connectivity index (χ1v) is 12.9. The smallest absolute Gasteiger partial charge is 0.314 e. The summed E-state index contributed by atoms with van der Waals surface area (Å²) < 4.78 is 40.9. The second-order valence-corrected chi connectivity index (χ2v) is 10.8. The lowest BCUT2D eigenvalue weighted by molar-refractivity contribution is -0.161. The third-order valence-corrected chi connectivity index (χ3v) is 7.71. The molecule has 0 saturated carbocycles. The highest BCUT2D eigenvalue weighted by molar-refractivity contribution is 7.86. The molecule has 0 aromatic heterocycles. The molecule has 36 heavy (non-hydrogen) atoms. The molecule has 8 heteroatoms. The third kappa shape index (κ3) is 5.20. The normalized spacial score (nSPS) is 14.4. The maximum atomic E-state index is 12.9. The molecule has 7 nitrogen and oxygen atoms in total. The van der Waals surface area contributed by atoms with Crippen molar-refractivity contribution in [1.29, 1.82) is 0 Å². The molecule has 0 fully saturated rings. The molecule has 0 saturated heterocycles. The van der Waals surface area contributed by atoms with Gasteiger partial charge in [-0.15, -0.1) is 0 Å². The van der Waals surface area contributed by atoms with E-state index < -0.39 is 40.5 Å². The van der Waals surface area contributed by atoms with Crippen LogP contribution in [-0.2, 0) is 33.4 Å². The Labute approximate surface area is 211 Å². The summed E-state index contributed by atoms with van der Waals surface area (Å²) in [5, 5.41) is 0. The highest BCUT2D eigenvalue weighted by Crippen LogP contribution is 2.44. The van der Waals surface area contributed by atoms with Crippen LogP contribution in [0.1, 0.15) is 36.0 Å². The quantitative estimate of drug-likeness (QED) is 0.307. The van der Waals surface area contributed by atoms with Gasteiger partial charge in [0.2, 0.25) is 0 Å². The minimum absolute atomic E-state index is 0.0403. The first-order valence-electron chi connectivity index (χ1n) is 11.5. The topological polar surface area (TPSA) is 96.0 Å². The Hall–Kier alpha value is -3.49. The van der Waals surface area contributed by atoms with E-state index in [4.69, 9.17) is 13.7 Å². The van der Waals surface area contributed by atoms with Gasteiger partial charge in [-0.3, -0.25) is 13.8 Å². The molecule has 4 rings (SSSR count). The molecule has 0 spiro atoms. The molecule has 1 aliphatic rings. The summed E-state index contributed by atoms with van der Waals surface area (Å²) in [5.74, 6) is -1.56. The number of benzene rings is 3. The van der Waals surface area contributed by atoms with E-state index in [1.54, 1.807) is 12.1 Å². The van der Waals surface area contributed by atoms with E-state index in [0.29, 0.717) is 0 Å². The van der Waals surface area contributed by atoms with Gasteiger partial charge in [0.25, 0.3) is 10.1 Å². The fourth-order valence-corrected chi connectivity index (χ4v) is 5.42. The molecule has 0 bridgehead atoms. The number of esters is 2. The zero-order chi connectivity index (χ0) is 25.9. The second-order valence-electron chi connectivity index (χ2n) is 9.17. The van der Waals surface area contributed by atoms with E-state index >= 15 is 0 Å². The van der Waals surface area contributed by atoms with Crippen LogP contribution >= 0.6 is 0 Å². The summed E-state index contributed by atoms with van der Waals surface area (Å²) in [5.41, 5.74) is 3.66. The number of hydrogen-bond donors (Lipinski definition) is 0. The fraction of sp³-hybridized carbons (Fsp3) is 0.286. The number of aryl methyl sites for hydroxylation is 1. The first kappa shape index (κ1) is 25.6. The summed E-state index contributed by atoms with van der Waals surface area (Å²) >= 11 is 0. The molecule has 0 amide bonds. The van der Waals surface area contributed by atoms with Crippen molar-refractivity contribution >= 4 is 22.1 Å². The third-order valence-electron chi connectivity index (χ3n) is 6.43. The molecule has 0 radical (unpaired) electrons. The molecular formula is C28H28O7S. The molecule has 1 unspecified atom stereocenters. The maximum Gasteiger partial charge on any atom is 0.314 e. The molecule has 1 atom stereocenters. The van der Waals surface area contributed by atoms with E-state index in [0.717, 1.165) is 27.8 Å². The van der Waals surface area contributed by atoms with Gasteiger partial charge in [0.1, 0.15) is 12.0 Å². The number of methoxy groups -OCH3 is 1. The summed E-state index contributed by atoms with van der Waals surface area (Å²) in [6, 6.07) is 22.1. The predicted octanol–water partition coefficient (Wildman–Crippen LogP) is 4.63. The van der Waals surface area contributed by atoms with E-state index in [9.17, 15) is 18.0 Å². The molecule has 188 valence electrons. The Morgan fingerprint density at radius 1 is 0.889 bits per heavy atom. The van der Waals surface area contributed by atoms with Crippen molar-refractivity contribution in [3.8, 4) is 11.1 Å². The fourth-order valence-electron chi connectivity index (χ4n) is 4.39. The van der Waals surface area contributed by atoms with E-state index in [1.165, 1.54) is 26.2 Å². The zero-order valence-corrected chi connectivity index (χ0v) is 21.2. The molecule has 3 aromatic carbocycles. The number of ether oxygens (including phenoxy) is 2. The number of rotatable bonds is 9. The predicted molar refractivity (Wildman–Crippen MR) is 134 cm³/mol. The van der Waals surface area contributed by atoms with Crippen LogP contribution in [0.3, 0.4) is 0 Å². The Morgan fingerprint density at radius 3 is 2.00 bits per heavy atom. The Kier molecular flexibility index (Phi) is 7.28. The second kappa shape index (κ2) is 10.2. The van der Waals surface area contributed by atoms with Crippen LogP contribution in [0.15, 0.2) is 77.7 Å². The summed E-state index contributed by atoms with van der Waals surface area (Å²) in [7, 11) is -2.97. The Balaban J connectivity index is 1.45. The summed E-state index contributed by atoms with van der Waals surface area (Å²) in [6.45, 7) is 2.78. The minimum atomic E-state index is -4.14. The van der Waals surface area contributed by atoms with Gasteiger partial charge in [0.15, 0.2) is 0 Å². The van der Waals surface area contributed by atoms with Crippen LogP contribution in [-0.4, -0.2) is 40.7 Å². The van der Waals surface area contributed by atoms with Crippen molar-refractivity contribution < 1.29 is 31.7 Å². The van der Waals surface area contributed by atoms with Crippen molar-refractivity contribution in [2.45, 2.75) is 31.1 Å². The van der Waals surface area contributed by atoms with Gasteiger partial charge in [-0.1, -0.05) is 66.2 Å². The van der Waals surface area contributed by atoms with Crippen molar-refractivity contribution in [1.82, 2.24) is 0 Å². The van der Waals surface area contributed by atoms with Gasteiger partial charge < -0.3 is 9.47 Å². The molecule has 3 aromatic rings. The molecule has 0 heterocycles. The largest absolute Gasteiger partial charge is 0.469 e. The molecule has 1 aliphatic carbocycles. The van der Waals surface area contributed by atoms with Crippen LogP contribution < -0.4 is 0 Å². The zero-order valence-electron chi connectivity index (χ0n) is 20.4. The van der Waals surface area contributed by atoms with Crippen LogP contribution in [0.25, 0.3) is 11.1 Å². The van der Waals surface area contributed by atoms with Crippen LogP contribution in [0.5, 0.6) is 0 Å². The van der Waals surface area contributed by atoms with Gasteiger partial charge in [-0.2, -0.15) is 8.42 Å². The van der Waals surface area contributed by atoms with Gasteiger partial charge in [0, 0.05) is 5.92 Å². The number of carbonyl (C=O) groups excluding carboxylic acids is 2. The van der Waals surface area contributed by atoms with Crippen LogP contribution in [0.4, 0.5) is 0 Å². The lowest BCUT2D eigenvalue weighted by Crippen LogP contribution is -2.37. The SMILES string of the molecule is COC(=O)C(C)(COS(=O)(=O)c1ccc(C)cc1)CC(=O)OCC1c2ccccc2-c2ccccc21. The number of carbonyl (C=O) groups is 2. The van der Waals surface area contributed by atoms with Crippen molar-refractivity contribution in [2.24, 2.45) is 5.41 Å². The van der Waals surface area contributed by atoms with Gasteiger partial charge in [-0.05, 0) is 48.2 Å². The molecule has 0 aliphatic heterocycles. The lowest BCUT2D eigenvalue weighted by atomic mass is 9.88. The highest BCUT2D eigenvalue weighted by Gasteiger charge is 2.40. The molecular weight excluding hydrogens is 480 g/mol. The van der Waals surface area contributed by atoms with Gasteiger partial charge in [-0.25, -0.2) is 0 Å². The average Bonchev–Trinajstić information content (AvgIpc) is 3.20. The van der Waals surface area contributed by atoms with Crippen molar-refractivity contribution in [3.05, 3.63) is 89.5 Å².